The molecule has 1 fully saturated rings. The van der Waals surface area contributed by atoms with Crippen molar-refractivity contribution in [2.45, 2.75) is 45.3 Å². The lowest BCUT2D eigenvalue weighted by Crippen LogP contribution is -2.44. The maximum absolute atomic E-state index is 11.3. The summed E-state index contributed by atoms with van der Waals surface area (Å²) in [6, 6.07) is 0. The van der Waals surface area contributed by atoms with Gasteiger partial charge in [0, 0.05) is 12.8 Å². The van der Waals surface area contributed by atoms with Crippen LogP contribution in [-0.2, 0) is 19.1 Å². The highest BCUT2D eigenvalue weighted by Gasteiger charge is 2.37. The van der Waals surface area contributed by atoms with E-state index in [1.807, 2.05) is 0 Å². The van der Waals surface area contributed by atoms with Gasteiger partial charge in [0.25, 0.3) is 0 Å². The molecule has 0 bridgehead atoms. The highest BCUT2D eigenvalue weighted by molar-refractivity contribution is 5.87. The van der Waals surface area contributed by atoms with Crippen molar-refractivity contribution in [2.24, 2.45) is 0 Å². The number of hydrogen-bond acceptors (Lipinski definition) is 4. The Kier molecular flexibility index (Phi) is 3.26. The first-order valence-electron chi connectivity index (χ1n) is 4.81. The van der Waals surface area contributed by atoms with Crippen LogP contribution in [0.3, 0.4) is 0 Å². The van der Waals surface area contributed by atoms with Gasteiger partial charge in [-0.1, -0.05) is 0 Å². The van der Waals surface area contributed by atoms with Gasteiger partial charge in [0.2, 0.25) is 0 Å². The van der Waals surface area contributed by atoms with E-state index in [4.69, 9.17) is 9.47 Å². The number of ketones is 1. The number of rotatable bonds is 2. The molecule has 4 nitrogen and oxygen atoms in total. The molecule has 0 unspecified atom stereocenters. The first-order chi connectivity index (χ1) is 6.44. The molecule has 0 aliphatic carbocycles. The fourth-order valence-electron chi connectivity index (χ4n) is 1.59. The van der Waals surface area contributed by atoms with E-state index >= 15 is 0 Å². The molecular weight excluding hydrogens is 184 g/mol. The molecule has 0 aromatic rings. The summed E-state index contributed by atoms with van der Waals surface area (Å²) in [4.78, 5) is 22.6. The minimum absolute atomic E-state index is 0.0549. The van der Waals surface area contributed by atoms with E-state index in [2.05, 4.69) is 0 Å². The van der Waals surface area contributed by atoms with E-state index in [1.54, 1.807) is 20.8 Å². The van der Waals surface area contributed by atoms with Gasteiger partial charge in [-0.2, -0.15) is 0 Å². The largest absolute Gasteiger partial charge is 0.464 e. The first-order valence-corrected chi connectivity index (χ1v) is 4.81. The predicted molar refractivity (Wildman–Crippen MR) is 49.8 cm³/mol. The van der Waals surface area contributed by atoms with Gasteiger partial charge in [-0.15, -0.1) is 0 Å². The van der Waals surface area contributed by atoms with Crippen LogP contribution in [0.4, 0.5) is 0 Å². The van der Waals surface area contributed by atoms with Crippen LogP contribution in [0.1, 0.15) is 33.6 Å². The Bertz CT molecular complexity index is 245. The van der Waals surface area contributed by atoms with Crippen molar-refractivity contribution in [3.05, 3.63) is 0 Å². The van der Waals surface area contributed by atoms with Gasteiger partial charge < -0.3 is 9.47 Å². The third-order valence-corrected chi connectivity index (χ3v) is 2.05. The van der Waals surface area contributed by atoms with E-state index in [9.17, 15) is 9.59 Å². The molecule has 80 valence electrons. The molecule has 0 spiro atoms. The van der Waals surface area contributed by atoms with Crippen molar-refractivity contribution >= 4 is 11.8 Å². The van der Waals surface area contributed by atoms with Crippen molar-refractivity contribution in [1.29, 1.82) is 0 Å². The van der Waals surface area contributed by atoms with E-state index in [1.165, 1.54) is 0 Å². The Morgan fingerprint density at radius 2 is 2.29 bits per heavy atom. The summed E-state index contributed by atoms with van der Waals surface area (Å²) < 4.78 is 10.3. The van der Waals surface area contributed by atoms with Crippen LogP contribution < -0.4 is 0 Å². The second-order valence-electron chi connectivity index (χ2n) is 4.04. The molecule has 1 atom stereocenters. The molecule has 0 radical (unpaired) electrons. The van der Waals surface area contributed by atoms with Crippen molar-refractivity contribution in [2.75, 3.05) is 6.61 Å². The third-order valence-electron chi connectivity index (χ3n) is 2.05. The predicted octanol–water partition coefficient (Wildman–Crippen LogP) is 1.08. The average Bonchev–Trinajstić information content (AvgIpc) is 2.00. The lowest BCUT2D eigenvalue weighted by molar-refractivity contribution is -0.178. The lowest BCUT2D eigenvalue weighted by Gasteiger charge is -2.33. The Labute approximate surface area is 83.6 Å². The molecular formula is C10H16O4. The molecule has 0 saturated carbocycles. The van der Waals surface area contributed by atoms with Crippen LogP contribution >= 0.6 is 0 Å². The van der Waals surface area contributed by atoms with Crippen LogP contribution in [0.25, 0.3) is 0 Å². The maximum Gasteiger partial charge on any atom is 0.335 e. The number of hydrogen-bond donors (Lipinski definition) is 0. The van der Waals surface area contributed by atoms with E-state index in [0.717, 1.165) is 0 Å². The Morgan fingerprint density at radius 1 is 1.64 bits per heavy atom. The van der Waals surface area contributed by atoms with Gasteiger partial charge in [0.1, 0.15) is 5.78 Å². The minimum Gasteiger partial charge on any atom is -0.464 e. The number of esters is 1. The van der Waals surface area contributed by atoms with E-state index in [0.29, 0.717) is 13.0 Å². The Hall–Kier alpha value is -0.900. The summed E-state index contributed by atoms with van der Waals surface area (Å²) >= 11 is 0. The lowest BCUT2D eigenvalue weighted by atomic mass is 9.94. The van der Waals surface area contributed by atoms with Crippen molar-refractivity contribution in [3.8, 4) is 0 Å². The van der Waals surface area contributed by atoms with Gasteiger partial charge in [-0.3, -0.25) is 4.79 Å². The van der Waals surface area contributed by atoms with Crippen molar-refractivity contribution in [3.63, 3.8) is 0 Å². The van der Waals surface area contributed by atoms with Gasteiger partial charge in [0.05, 0.1) is 12.2 Å². The topological polar surface area (TPSA) is 52.6 Å². The third kappa shape index (κ3) is 2.80. The summed E-state index contributed by atoms with van der Waals surface area (Å²) in [5.41, 5.74) is -0.549. The smallest absolute Gasteiger partial charge is 0.335 e. The van der Waals surface area contributed by atoms with E-state index in [-0.39, 0.29) is 12.2 Å². The van der Waals surface area contributed by atoms with Gasteiger partial charge in [0.15, 0.2) is 6.10 Å². The molecule has 14 heavy (non-hydrogen) atoms. The summed E-state index contributed by atoms with van der Waals surface area (Å²) in [5.74, 6) is -0.382. The first kappa shape index (κ1) is 11.2. The molecule has 4 heteroatoms. The van der Waals surface area contributed by atoms with Crippen molar-refractivity contribution < 1.29 is 19.1 Å². The molecule has 0 N–H and O–H groups in total. The molecule has 0 aromatic carbocycles. The normalized spacial score (nSPS) is 25.9. The fourth-order valence-corrected chi connectivity index (χ4v) is 1.59. The zero-order valence-corrected chi connectivity index (χ0v) is 8.83. The van der Waals surface area contributed by atoms with Gasteiger partial charge in [-0.25, -0.2) is 4.79 Å². The van der Waals surface area contributed by atoms with Crippen LogP contribution in [0.2, 0.25) is 0 Å². The van der Waals surface area contributed by atoms with Gasteiger partial charge >= 0.3 is 5.97 Å². The number of carbonyl (C=O) groups excluding carboxylic acids is 2. The van der Waals surface area contributed by atoms with Crippen LogP contribution in [0.15, 0.2) is 0 Å². The average molecular weight is 200 g/mol. The monoisotopic (exact) mass is 200 g/mol. The molecule has 1 saturated heterocycles. The molecule has 0 aromatic heterocycles. The van der Waals surface area contributed by atoms with Crippen LogP contribution in [0.5, 0.6) is 0 Å². The zero-order chi connectivity index (χ0) is 10.8. The van der Waals surface area contributed by atoms with Crippen molar-refractivity contribution in [1.82, 2.24) is 0 Å². The highest BCUT2D eigenvalue weighted by atomic mass is 16.6. The van der Waals surface area contributed by atoms with Crippen LogP contribution in [0, 0.1) is 0 Å². The SMILES string of the molecule is CCOC(=O)[C@@H]1CC(=O)CC(C)(C)O1. The molecule has 1 aliphatic heterocycles. The molecule has 0 amide bonds. The second-order valence-corrected chi connectivity index (χ2v) is 4.04. The second kappa shape index (κ2) is 4.09. The summed E-state index contributed by atoms with van der Waals surface area (Å²) in [6.07, 6.45) is -0.211. The molecule has 1 heterocycles. The summed E-state index contributed by atoms with van der Waals surface area (Å²) in [6.45, 7) is 5.65. The number of carbonyl (C=O) groups is 2. The Balaban J connectivity index is 2.62. The maximum atomic E-state index is 11.3. The van der Waals surface area contributed by atoms with E-state index < -0.39 is 17.7 Å². The fraction of sp³-hybridized carbons (Fsp3) is 0.800. The van der Waals surface area contributed by atoms with Gasteiger partial charge in [-0.05, 0) is 20.8 Å². The zero-order valence-electron chi connectivity index (χ0n) is 8.83. The summed E-state index contributed by atoms with van der Waals surface area (Å²) in [7, 11) is 0. The molecule has 1 aliphatic rings. The highest BCUT2D eigenvalue weighted by Crippen LogP contribution is 2.26. The van der Waals surface area contributed by atoms with Crippen LogP contribution in [-0.4, -0.2) is 30.1 Å². The minimum atomic E-state index is -0.716. The quantitative estimate of drug-likeness (QED) is 0.626. The number of ether oxygens (including phenoxy) is 2. The standard InChI is InChI=1S/C10H16O4/c1-4-13-9(12)8-5-7(11)6-10(2,3)14-8/h8H,4-6H2,1-3H3/t8-/m0/s1. The molecule has 1 rings (SSSR count). The summed E-state index contributed by atoms with van der Waals surface area (Å²) in [5, 5.41) is 0. The number of Topliss-reactive ketones (excluding diaryl/α,β-unsaturated/α-hetero) is 1. The Morgan fingerprint density at radius 3 is 2.79 bits per heavy atom.